The van der Waals surface area contributed by atoms with Crippen molar-refractivity contribution in [3.63, 3.8) is 0 Å². The van der Waals surface area contributed by atoms with Crippen LogP contribution in [0.25, 0.3) is 11.0 Å². The Bertz CT molecular complexity index is 796. The van der Waals surface area contributed by atoms with E-state index in [9.17, 15) is 9.59 Å². The van der Waals surface area contributed by atoms with Gasteiger partial charge in [-0.1, -0.05) is 0 Å². The number of aryl methyl sites for hydroxylation is 1. The molecule has 0 aliphatic carbocycles. The van der Waals surface area contributed by atoms with Gasteiger partial charge in [-0.25, -0.2) is 9.99 Å². The molecule has 2 aromatic heterocycles. The second-order valence-corrected chi connectivity index (χ2v) is 5.34. The third-order valence-electron chi connectivity index (χ3n) is 3.79. The highest BCUT2D eigenvalue weighted by Crippen LogP contribution is 2.13. The Kier molecular flexibility index (Phi) is 4.26. The minimum atomic E-state index is -0.427. The van der Waals surface area contributed by atoms with Gasteiger partial charge in [0.1, 0.15) is 11.2 Å². The average molecular weight is 317 g/mol. The van der Waals surface area contributed by atoms with Gasteiger partial charge in [-0.05, 0) is 13.0 Å². The number of nitrogens with zero attached hydrogens (tertiary/aromatic N) is 3. The van der Waals surface area contributed by atoms with E-state index in [0.29, 0.717) is 49.6 Å². The maximum absolute atomic E-state index is 12.6. The monoisotopic (exact) mass is 317 g/mol. The van der Waals surface area contributed by atoms with Crippen molar-refractivity contribution in [3.8, 4) is 0 Å². The van der Waals surface area contributed by atoms with E-state index in [1.165, 1.54) is 6.20 Å². The first-order valence-corrected chi connectivity index (χ1v) is 7.52. The highest BCUT2D eigenvalue weighted by atomic mass is 16.5. The second-order valence-electron chi connectivity index (χ2n) is 5.34. The van der Waals surface area contributed by atoms with Crippen LogP contribution in [0, 0.1) is 0 Å². The van der Waals surface area contributed by atoms with Gasteiger partial charge in [-0.2, -0.15) is 0 Å². The van der Waals surface area contributed by atoms with Crippen LogP contribution in [0.2, 0.25) is 0 Å². The van der Waals surface area contributed by atoms with Gasteiger partial charge in [-0.3, -0.25) is 15.0 Å². The molecule has 8 heteroatoms. The number of anilines is 1. The van der Waals surface area contributed by atoms with Crippen LogP contribution >= 0.6 is 0 Å². The molecule has 1 aliphatic rings. The lowest BCUT2D eigenvalue weighted by molar-refractivity contribution is 0.0126. The predicted octanol–water partition coefficient (Wildman–Crippen LogP) is -0.0244. The molecule has 1 fully saturated rings. The second kappa shape index (κ2) is 6.35. The molecule has 0 radical (unpaired) electrons. The van der Waals surface area contributed by atoms with Crippen LogP contribution in [0.3, 0.4) is 0 Å². The van der Waals surface area contributed by atoms with Crippen LogP contribution in [0.4, 0.5) is 5.69 Å². The van der Waals surface area contributed by atoms with Gasteiger partial charge in [0.05, 0.1) is 30.5 Å². The lowest BCUT2D eigenvalue weighted by Gasteiger charge is -2.26. The number of carbonyl (C=O) groups excluding carboxylic acids is 1. The van der Waals surface area contributed by atoms with Gasteiger partial charge in [0.2, 0.25) is 5.43 Å². The topological polar surface area (TPSA) is 102 Å². The summed E-state index contributed by atoms with van der Waals surface area (Å²) in [6.07, 6.45) is 3.05. The third kappa shape index (κ3) is 3.03. The molecule has 0 bridgehead atoms. The van der Waals surface area contributed by atoms with Gasteiger partial charge in [-0.15, -0.1) is 0 Å². The number of rotatable bonds is 3. The zero-order valence-electron chi connectivity index (χ0n) is 12.9. The maximum Gasteiger partial charge on any atom is 0.271 e. The number of aromatic nitrogens is 2. The first-order valence-electron chi connectivity index (χ1n) is 7.52. The number of pyridine rings is 2. The molecule has 1 saturated heterocycles. The summed E-state index contributed by atoms with van der Waals surface area (Å²) in [7, 11) is 0. The summed E-state index contributed by atoms with van der Waals surface area (Å²) >= 11 is 0. The Morgan fingerprint density at radius 1 is 1.43 bits per heavy atom. The van der Waals surface area contributed by atoms with E-state index in [-0.39, 0.29) is 11.0 Å². The number of carbonyl (C=O) groups is 1. The summed E-state index contributed by atoms with van der Waals surface area (Å²) in [5.41, 5.74) is 9.11. The van der Waals surface area contributed by atoms with Gasteiger partial charge in [0.15, 0.2) is 0 Å². The fourth-order valence-corrected chi connectivity index (χ4v) is 2.57. The molecule has 0 unspecified atom stereocenters. The van der Waals surface area contributed by atoms with Crippen molar-refractivity contribution in [3.05, 3.63) is 34.2 Å². The number of ether oxygens (including phenoxy) is 1. The number of nitrogens with two attached hydrogens (primary N) is 1. The van der Waals surface area contributed by atoms with Gasteiger partial charge >= 0.3 is 0 Å². The molecule has 23 heavy (non-hydrogen) atoms. The van der Waals surface area contributed by atoms with Crippen molar-refractivity contribution < 1.29 is 9.53 Å². The molecule has 122 valence electrons. The van der Waals surface area contributed by atoms with E-state index in [0.717, 1.165) is 0 Å². The summed E-state index contributed by atoms with van der Waals surface area (Å²) in [5.74, 6) is -0.427. The summed E-state index contributed by atoms with van der Waals surface area (Å²) in [4.78, 5) is 29.3. The van der Waals surface area contributed by atoms with Crippen LogP contribution < -0.4 is 16.6 Å². The molecule has 3 N–H and O–H groups in total. The van der Waals surface area contributed by atoms with Crippen LogP contribution in [0.5, 0.6) is 0 Å². The van der Waals surface area contributed by atoms with E-state index in [2.05, 4.69) is 10.4 Å². The Balaban J connectivity index is 2.01. The lowest BCUT2D eigenvalue weighted by Crippen LogP contribution is -2.49. The smallest absolute Gasteiger partial charge is 0.271 e. The van der Waals surface area contributed by atoms with Crippen molar-refractivity contribution in [1.29, 1.82) is 0 Å². The predicted molar refractivity (Wildman–Crippen MR) is 85.9 cm³/mol. The van der Waals surface area contributed by atoms with Gasteiger partial charge in [0.25, 0.3) is 5.91 Å². The minimum absolute atomic E-state index is 0.0817. The van der Waals surface area contributed by atoms with Crippen molar-refractivity contribution in [2.45, 2.75) is 13.5 Å². The van der Waals surface area contributed by atoms with E-state index < -0.39 is 5.91 Å². The summed E-state index contributed by atoms with van der Waals surface area (Å²) in [5, 5.41) is 2.10. The highest BCUT2D eigenvalue weighted by Gasteiger charge is 2.19. The molecule has 3 rings (SSSR count). The number of nitrogens with one attached hydrogen (secondary N) is 1. The van der Waals surface area contributed by atoms with Crippen molar-refractivity contribution in [2.24, 2.45) is 0 Å². The number of fused-ring (bicyclic) bond motifs is 1. The van der Waals surface area contributed by atoms with E-state index in [1.807, 2.05) is 6.92 Å². The molecule has 2 aromatic rings. The molecule has 8 nitrogen and oxygen atoms in total. The normalized spacial score (nSPS) is 15.7. The van der Waals surface area contributed by atoms with E-state index in [4.69, 9.17) is 10.5 Å². The highest BCUT2D eigenvalue weighted by molar-refractivity contribution is 5.96. The standard InChI is InChI=1S/C15H19N5O3/c1-2-19-9-12(15(22)18-20-3-5-23-6-4-20)13(21)11-7-10(16)8-17-14(11)19/h7-9H,2-6,16H2,1H3,(H,18,22). The lowest BCUT2D eigenvalue weighted by atomic mass is 10.1. The van der Waals surface area contributed by atoms with Crippen LogP contribution in [-0.2, 0) is 11.3 Å². The fourth-order valence-electron chi connectivity index (χ4n) is 2.57. The Morgan fingerprint density at radius 2 is 2.17 bits per heavy atom. The molecule has 1 amide bonds. The number of hydrazine groups is 1. The molecule has 1 aliphatic heterocycles. The number of morpholine rings is 1. The molecular formula is C15H19N5O3. The van der Waals surface area contributed by atoms with Gasteiger partial charge < -0.3 is 15.0 Å². The van der Waals surface area contributed by atoms with Crippen LogP contribution in [-0.4, -0.2) is 46.8 Å². The molecule has 0 atom stereocenters. The molecule has 0 aromatic carbocycles. The van der Waals surface area contributed by atoms with Gasteiger partial charge in [0, 0.05) is 25.8 Å². The summed E-state index contributed by atoms with van der Waals surface area (Å²) in [6.45, 7) is 4.80. The minimum Gasteiger partial charge on any atom is -0.397 e. The Labute approximate surface area is 132 Å². The zero-order valence-corrected chi connectivity index (χ0v) is 12.9. The number of hydrogen-bond acceptors (Lipinski definition) is 6. The summed E-state index contributed by atoms with van der Waals surface area (Å²) < 4.78 is 7.01. The largest absolute Gasteiger partial charge is 0.397 e. The van der Waals surface area contributed by atoms with Crippen molar-refractivity contribution in [2.75, 3.05) is 32.0 Å². The fraction of sp³-hybridized carbons (Fsp3) is 0.400. The van der Waals surface area contributed by atoms with E-state index >= 15 is 0 Å². The zero-order chi connectivity index (χ0) is 16.4. The van der Waals surface area contributed by atoms with Crippen LogP contribution in [0.15, 0.2) is 23.3 Å². The Morgan fingerprint density at radius 3 is 2.87 bits per heavy atom. The third-order valence-corrected chi connectivity index (χ3v) is 3.79. The van der Waals surface area contributed by atoms with Crippen LogP contribution in [0.1, 0.15) is 17.3 Å². The Hall–Kier alpha value is -2.45. The number of nitrogen functional groups attached to an aromatic ring is 1. The quantitative estimate of drug-likeness (QED) is 0.824. The first kappa shape index (κ1) is 15.4. The van der Waals surface area contributed by atoms with E-state index in [1.54, 1.807) is 21.8 Å². The average Bonchev–Trinajstić information content (AvgIpc) is 2.56. The SMILES string of the molecule is CCn1cc(C(=O)NN2CCOCC2)c(=O)c2cc(N)cnc21. The number of amides is 1. The van der Waals surface area contributed by atoms with Crippen molar-refractivity contribution in [1.82, 2.24) is 20.0 Å². The molecule has 0 saturated carbocycles. The molecular weight excluding hydrogens is 298 g/mol. The number of hydrogen-bond donors (Lipinski definition) is 2. The van der Waals surface area contributed by atoms with Crippen molar-refractivity contribution >= 4 is 22.6 Å². The first-order chi connectivity index (χ1) is 11.1. The maximum atomic E-state index is 12.6. The molecule has 3 heterocycles. The summed E-state index contributed by atoms with van der Waals surface area (Å²) in [6, 6.07) is 1.56. The molecule has 0 spiro atoms.